The highest BCUT2D eigenvalue weighted by molar-refractivity contribution is 4.73. The predicted octanol–water partition coefficient (Wildman–Crippen LogP) is 6.09. The van der Waals surface area contributed by atoms with Crippen LogP contribution in [0.3, 0.4) is 0 Å². The van der Waals surface area contributed by atoms with Gasteiger partial charge in [-0.1, -0.05) is 90.9 Å². The lowest BCUT2D eigenvalue weighted by atomic mass is 9.99. The van der Waals surface area contributed by atoms with Crippen molar-refractivity contribution in [3.8, 4) is 0 Å². The van der Waals surface area contributed by atoms with E-state index < -0.39 is 0 Å². The quantitative estimate of drug-likeness (QED) is 0.327. The van der Waals surface area contributed by atoms with Crippen LogP contribution in [0.4, 0.5) is 0 Å². The first-order valence-electron chi connectivity index (χ1n) is 10.7. The van der Waals surface area contributed by atoms with Gasteiger partial charge in [0.1, 0.15) is 0 Å². The summed E-state index contributed by atoms with van der Waals surface area (Å²) in [6.45, 7) is 7.73. The lowest BCUT2D eigenvalue weighted by Gasteiger charge is -2.29. The summed E-state index contributed by atoms with van der Waals surface area (Å²) in [7, 11) is 0. The Kier molecular flexibility index (Phi) is 14.1. The van der Waals surface area contributed by atoms with Gasteiger partial charge in [0.15, 0.2) is 0 Å². The van der Waals surface area contributed by atoms with Gasteiger partial charge in [0.2, 0.25) is 0 Å². The van der Waals surface area contributed by atoms with Crippen LogP contribution in [0.2, 0.25) is 0 Å². The molecule has 0 bridgehead atoms. The molecule has 2 heteroatoms. The van der Waals surface area contributed by atoms with Gasteiger partial charge in [-0.2, -0.15) is 0 Å². The fourth-order valence-corrected chi connectivity index (χ4v) is 3.43. The molecule has 1 saturated heterocycles. The summed E-state index contributed by atoms with van der Waals surface area (Å²) in [5.41, 5.74) is 0. The van der Waals surface area contributed by atoms with Crippen molar-refractivity contribution in [2.45, 2.75) is 110 Å². The number of hydrogen-bond donors (Lipinski definition) is 1. The Hall–Kier alpha value is -0.0800. The van der Waals surface area contributed by atoms with E-state index >= 15 is 0 Å². The molecule has 0 aliphatic carbocycles. The first-order chi connectivity index (χ1) is 11.4. The minimum absolute atomic E-state index is 0.757. The average Bonchev–Trinajstić information content (AvgIpc) is 2.51. The number of unbranched alkanes of at least 4 members (excludes halogenated alkanes) is 10. The number of rotatable bonds is 17. The largest absolute Gasteiger partial charge is 0.381 e. The van der Waals surface area contributed by atoms with Crippen LogP contribution in [0.5, 0.6) is 0 Å². The van der Waals surface area contributed by atoms with E-state index in [0.717, 1.165) is 25.2 Å². The lowest BCUT2D eigenvalue weighted by Crippen LogP contribution is -2.41. The van der Waals surface area contributed by atoms with Crippen molar-refractivity contribution < 1.29 is 4.74 Å². The molecule has 0 amide bonds. The second-order valence-corrected chi connectivity index (χ2v) is 7.62. The van der Waals surface area contributed by atoms with Crippen LogP contribution in [-0.4, -0.2) is 25.8 Å². The van der Waals surface area contributed by atoms with Gasteiger partial charge >= 0.3 is 0 Å². The van der Waals surface area contributed by atoms with Crippen LogP contribution in [0.25, 0.3) is 0 Å². The van der Waals surface area contributed by atoms with Gasteiger partial charge in [-0.05, 0) is 12.8 Å². The second kappa shape index (κ2) is 15.4. The van der Waals surface area contributed by atoms with Crippen LogP contribution in [0.1, 0.15) is 104 Å². The van der Waals surface area contributed by atoms with E-state index in [-0.39, 0.29) is 0 Å². The fourth-order valence-electron chi connectivity index (χ4n) is 3.43. The molecule has 1 aliphatic rings. The third-order valence-electron chi connectivity index (χ3n) is 5.21. The van der Waals surface area contributed by atoms with Crippen molar-refractivity contribution in [1.29, 1.82) is 0 Å². The van der Waals surface area contributed by atoms with Gasteiger partial charge in [0.25, 0.3) is 0 Å². The molecular formula is C21H43NO. The first kappa shape index (κ1) is 21.0. The molecule has 138 valence electrons. The van der Waals surface area contributed by atoms with Gasteiger partial charge in [-0.3, -0.25) is 0 Å². The molecule has 0 spiro atoms. The van der Waals surface area contributed by atoms with E-state index in [2.05, 4.69) is 19.2 Å². The van der Waals surface area contributed by atoms with Gasteiger partial charge < -0.3 is 10.1 Å². The summed E-state index contributed by atoms with van der Waals surface area (Å²) in [6.07, 6.45) is 19.8. The molecular weight excluding hydrogens is 282 g/mol. The standard InChI is InChI=1S/C21H43NO/c1-3-5-7-9-11-13-15-21(22-17-20-18-23-19-20)16-14-12-10-8-6-4-2/h20-22H,3-19H2,1-2H3. The summed E-state index contributed by atoms with van der Waals surface area (Å²) in [5, 5.41) is 3.85. The Morgan fingerprint density at radius 1 is 0.739 bits per heavy atom. The highest BCUT2D eigenvalue weighted by atomic mass is 16.5. The maximum absolute atomic E-state index is 5.30. The Labute approximate surface area is 146 Å². The molecule has 0 radical (unpaired) electrons. The molecule has 0 aromatic rings. The Balaban J connectivity index is 2.06. The van der Waals surface area contributed by atoms with Crippen molar-refractivity contribution >= 4 is 0 Å². The summed E-state index contributed by atoms with van der Waals surface area (Å²) in [5.74, 6) is 0.784. The molecule has 0 atom stereocenters. The van der Waals surface area contributed by atoms with Gasteiger partial charge in [-0.25, -0.2) is 0 Å². The molecule has 1 heterocycles. The van der Waals surface area contributed by atoms with E-state index in [1.54, 1.807) is 0 Å². The minimum Gasteiger partial charge on any atom is -0.381 e. The van der Waals surface area contributed by atoms with Gasteiger partial charge in [-0.15, -0.1) is 0 Å². The maximum atomic E-state index is 5.30. The number of ether oxygens (including phenoxy) is 1. The van der Waals surface area contributed by atoms with Crippen LogP contribution >= 0.6 is 0 Å². The predicted molar refractivity (Wildman–Crippen MR) is 102 cm³/mol. The van der Waals surface area contributed by atoms with Gasteiger partial charge in [0.05, 0.1) is 13.2 Å². The van der Waals surface area contributed by atoms with Crippen molar-refractivity contribution in [3.63, 3.8) is 0 Å². The van der Waals surface area contributed by atoms with Crippen molar-refractivity contribution in [2.24, 2.45) is 5.92 Å². The summed E-state index contributed by atoms with van der Waals surface area (Å²) in [4.78, 5) is 0. The highest BCUT2D eigenvalue weighted by Crippen LogP contribution is 2.16. The van der Waals surface area contributed by atoms with E-state index in [4.69, 9.17) is 4.74 Å². The molecule has 1 N–H and O–H groups in total. The molecule has 1 aliphatic heterocycles. The Bertz CT molecular complexity index is 224. The van der Waals surface area contributed by atoms with Crippen LogP contribution in [0.15, 0.2) is 0 Å². The molecule has 23 heavy (non-hydrogen) atoms. The molecule has 1 rings (SSSR count). The zero-order valence-corrected chi connectivity index (χ0v) is 16.1. The zero-order valence-electron chi connectivity index (χ0n) is 16.1. The van der Waals surface area contributed by atoms with Crippen molar-refractivity contribution in [3.05, 3.63) is 0 Å². The molecule has 2 nitrogen and oxygen atoms in total. The first-order valence-corrected chi connectivity index (χ1v) is 10.7. The van der Waals surface area contributed by atoms with E-state index in [1.165, 1.54) is 96.4 Å². The van der Waals surface area contributed by atoms with Crippen LogP contribution < -0.4 is 5.32 Å². The highest BCUT2D eigenvalue weighted by Gasteiger charge is 2.19. The molecule has 0 unspecified atom stereocenters. The minimum atomic E-state index is 0.757. The zero-order chi connectivity index (χ0) is 16.6. The second-order valence-electron chi connectivity index (χ2n) is 7.62. The normalized spacial score (nSPS) is 15.3. The van der Waals surface area contributed by atoms with Crippen molar-refractivity contribution in [1.82, 2.24) is 5.32 Å². The third-order valence-corrected chi connectivity index (χ3v) is 5.21. The average molecular weight is 326 g/mol. The lowest BCUT2D eigenvalue weighted by molar-refractivity contribution is -0.0319. The van der Waals surface area contributed by atoms with E-state index in [0.29, 0.717) is 0 Å². The monoisotopic (exact) mass is 325 g/mol. The topological polar surface area (TPSA) is 21.3 Å². The molecule has 1 fully saturated rings. The smallest absolute Gasteiger partial charge is 0.0528 e. The van der Waals surface area contributed by atoms with E-state index in [1.807, 2.05) is 0 Å². The van der Waals surface area contributed by atoms with Crippen LogP contribution in [-0.2, 0) is 4.74 Å². The van der Waals surface area contributed by atoms with E-state index in [9.17, 15) is 0 Å². The summed E-state index contributed by atoms with van der Waals surface area (Å²) in [6, 6.07) is 0.757. The molecule has 0 saturated carbocycles. The Morgan fingerprint density at radius 3 is 1.65 bits per heavy atom. The van der Waals surface area contributed by atoms with Crippen LogP contribution in [0, 0.1) is 5.92 Å². The fraction of sp³-hybridized carbons (Fsp3) is 1.00. The molecule has 0 aromatic heterocycles. The molecule has 0 aromatic carbocycles. The third kappa shape index (κ3) is 12.0. The summed E-state index contributed by atoms with van der Waals surface area (Å²) < 4.78 is 5.30. The SMILES string of the molecule is CCCCCCCCC(CCCCCCCC)NCC1COC1. The number of nitrogens with one attached hydrogen (secondary N) is 1. The van der Waals surface area contributed by atoms with Gasteiger partial charge in [0, 0.05) is 18.5 Å². The number of hydrogen-bond acceptors (Lipinski definition) is 2. The maximum Gasteiger partial charge on any atom is 0.0528 e. The van der Waals surface area contributed by atoms with Crippen molar-refractivity contribution in [2.75, 3.05) is 19.8 Å². The summed E-state index contributed by atoms with van der Waals surface area (Å²) >= 11 is 0. The Morgan fingerprint density at radius 2 is 1.22 bits per heavy atom.